The second-order valence-corrected chi connectivity index (χ2v) is 7.22. The van der Waals surface area contributed by atoms with Gasteiger partial charge in [-0.15, -0.1) is 0 Å². The van der Waals surface area contributed by atoms with Crippen LogP contribution in [0.4, 0.5) is 0 Å². The number of rotatable bonds is 5. The molecule has 2 rings (SSSR count). The molecular weight excluding hydrogens is 234 g/mol. The highest BCUT2D eigenvalue weighted by Gasteiger charge is 2.31. The second-order valence-electron chi connectivity index (χ2n) is 7.22. The molecule has 1 aliphatic heterocycles. The molecule has 2 aliphatic rings. The van der Waals surface area contributed by atoms with Crippen LogP contribution < -0.4 is 5.32 Å². The average molecular weight is 267 g/mol. The first-order valence-corrected chi connectivity index (χ1v) is 8.48. The largest absolute Gasteiger partial charge is 0.375 e. The number of nitrogens with one attached hydrogen (secondary N) is 1. The molecule has 2 heteroatoms. The summed E-state index contributed by atoms with van der Waals surface area (Å²) in [5.41, 5.74) is 0.120. The number of hydrogen-bond acceptors (Lipinski definition) is 2. The van der Waals surface area contributed by atoms with Gasteiger partial charge in [0.25, 0.3) is 0 Å². The van der Waals surface area contributed by atoms with Crippen molar-refractivity contribution < 1.29 is 4.74 Å². The predicted octanol–water partition coefficient (Wildman–Crippen LogP) is 4.14. The highest BCUT2D eigenvalue weighted by atomic mass is 16.5. The van der Waals surface area contributed by atoms with Crippen molar-refractivity contribution in [3.63, 3.8) is 0 Å². The van der Waals surface area contributed by atoms with Gasteiger partial charge in [0, 0.05) is 12.6 Å². The van der Waals surface area contributed by atoms with Gasteiger partial charge in [0.2, 0.25) is 0 Å². The standard InChI is InChI=1S/C17H33NO/c1-4-17(3)13-16(9-11-19-17)18-10-8-15-7-5-6-14(2)12-15/h14-16,18H,4-13H2,1-3H3. The quantitative estimate of drug-likeness (QED) is 0.808. The lowest BCUT2D eigenvalue weighted by Crippen LogP contribution is -2.45. The lowest BCUT2D eigenvalue weighted by Gasteiger charge is -2.38. The molecule has 4 unspecified atom stereocenters. The van der Waals surface area contributed by atoms with Crippen molar-refractivity contribution in [2.75, 3.05) is 13.2 Å². The minimum absolute atomic E-state index is 0.120. The summed E-state index contributed by atoms with van der Waals surface area (Å²) in [4.78, 5) is 0. The summed E-state index contributed by atoms with van der Waals surface area (Å²) in [7, 11) is 0. The van der Waals surface area contributed by atoms with Gasteiger partial charge in [-0.05, 0) is 57.4 Å². The Morgan fingerprint density at radius 2 is 2.11 bits per heavy atom. The minimum Gasteiger partial charge on any atom is -0.375 e. The number of hydrogen-bond donors (Lipinski definition) is 1. The van der Waals surface area contributed by atoms with Crippen molar-refractivity contribution in [1.29, 1.82) is 0 Å². The Morgan fingerprint density at radius 3 is 2.84 bits per heavy atom. The molecule has 0 amide bonds. The van der Waals surface area contributed by atoms with Crippen LogP contribution >= 0.6 is 0 Å². The molecule has 2 fully saturated rings. The van der Waals surface area contributed by atoms with Crippen LogP contribution in [0.15, 0.2) is 0 Å². The van der Waals surface area contributed by atoms with Crippen LogP contribution in [0.2, 0.25) is 0 Å². The molecule has 0 aromatic carbocycles. The third-order valence-corrected chi connectivity index (χ3v) is 5.37. The Kier molecular flexibility index (Phi) is 5.70. The Balaban J connectivity index is 1.65. The van der Waals surface area contributed by atoms with E-state index in [1.54, 1.807) is 0 Å². The van der Waals surface area contributed by atoms with E-state index in [-0.39, 0.29) is 5.60 Å². The Labute approximate surface area is 119 Å². The van der Waals surface area contributed by atoms with Crippen molar-refractivity contribution in [2.24, 2.45) is 11.8 Å². The Morgan fingerprint density at radius 1 is 1.26 bits per heavy atom. The lowest BCUT2D eigenvalue weighted by molar-refractivity contribution is -0.0779. The average Bonchev–Trinajstić information content (AvgIpc) is 2.39. The van der Waals surface area contributed by atoms with Crippen LogP contribution in [0, 0.1) is 11.8 Å². The zero-order chi connectivity index (χ0) is 13.7. The van der Waals surface area contributed by atoms with E-state index < -0.39 is 0 Å². The fraction of sp³-hybridized carbons (Fsp3) is 1.00. The molecule has 1 saturated heterocycles. The fourth-order valence-corrected chi connectivity index (χ4v) is 3.86. The van der Waals surface area contributed by atoms with E-state index in [1.807, 2.05) is 0 Å². The highest BCUT2D eigenvalue weighted by molar-refractivity contribution is 4.85. The zero-order valence-corrected chi connectivity index (χ0v) is 13.2. The van der Waals surface area contributed by atoms with Crippen molar-refractivity contribution in [3.05, 3.63) is 0 Å². The maximum Gasteiger partial charge on any atom is 0.0666 e. The molecule has 1 N–H and O–H groups in total. The van der Waals surface area contributed by atoms with Gasteiger partial charge < -0.3 is 10.1 Å². The molecule has 0 aromatic rings. The molecule has 2 nitrogen and oxygen atoms in total. The molecule has 1 heterocycles. The van der Waals surface area contributed by atoms with Gasteiger partial charge in [-0.2, -0.15) is 0 Å². The molecule has 1 aliphatic carbocycles. The van der Waals surface area contributed by atoms with E-state index in [2.05, 4.69) is 26.1 Å². The van der Waals surface area contributed by atoms with Gasteiger partial charge in [0.05, 0.1) is 5.60 Å². The smallest absolute Gasteiger partial charge is 0.0666 e. The van der Waals surface area contributed by atoms with Crippen LogP contribution in [-0.2, 0) is 4.74 Å². The SMILES string of the molecule is CCC1(C)CC(NCCC2CCCC(C)C2)CCO1. The van der Waals surface area contributed by atoms with Crippen LogP contribution in [0.1, 0.15) is 72.1 Å². The molecule has 4 atom stereocenters. The van der Waals surface area contributed by atoms with E-state index >= 15 is 0 Å². The summed E-state index contributed by atoms with van der Waals surface area (Å²) < 4.78 is 5.92. The summed E-state index contributed by atoms with van der Waals surface area (Å²) in [5, 5.41) is 3.79. The third kappa shape index (κ3) is 4.75. The van der Waals surface area contributed by atoms with Gasteiger partial charge in [-0.1, -0.05) is 33.1 Å². The second kappa shape index (κ2) is 7.08. The van der Waals surface area contributed by atoms with Crippen molar-refractivity contribution >= 4 is 0 Å². The lowest BCUT2D eigenvalue weighted by atomic mass is 9.81. The van der Waals surface area contributed by atoms with Crippen molar-refractivity contribution in [3.8, 4) is 0 Å². The van der Waals surface area contributed by atoms with E-state index in [9.17, 15) is 0 Å². The summed E-state index contributed by atoms with van der Waals surface area (Å²) in [6.45, 7) is 9.07. The van der Waals surface area contributed by atoms with E-state index in [4.69, 9.17) is 4.74 Å². The molecule has 0 radical (unpaired) electrons. The minimum atomic E-state index is 0.120. The maximum absolute atomic E-state index is 5.92. The van der Waals surface area contributed by atoms with E-state index in [1.165, 1.54) is 51.5 Å². The summed E-state index contributed by atoms with van der Waals surface area (Å²) >= 11 is 0. The van der Waals surface area contributed by atoms with Crippen LogP contribution in [0.25, 0.3) is 0 Å². The summed E-state index contributed by atoms with van der Waals surface area (Å²) in [6, 6.07) is 0.680. The highest BCUT2D eigenvalue weighted by Crippen LogP contribution is 2.31. The Hall–Kier alpha value is -0.0800. The summed E-state index contributed by atoms with van der Waals surface area (Å²) in [6.07, 6.45) is 10.7. The van der Waals surface area contributed by atoms with Gasteiger partial charge >= 0.3 is 0 Å². The van der Waals surface area contributed by atoms with Crippen LogP contribution in [-0.4, -0.2) is 24.8 Å². The summed E-state index contributed by atoms with van der Waals surface area (Å²) in [5.74, 6) is 1.94. The molecule has 19 heavy (non-hydrogen) atoms. The van der Waals surface area contributed by atoms with Gasteiger partial charge in [-0.3, -0.25) is 0 Å². The first-order chi connectivity index (χ1) is 9.11. The normalized spacial score (nSPS) is 40.3. The molecule has 1 saturated carbocycles. The zero-order valence-electron chi connectivity index (χ0n) is 13.2. The van der Waals surface area contributed by atoms with Gasteiger partial charge in [-0.25, -0.2) is 0 Å². The third-order valence-electron chi connectivity index (χ3n) is 5.37. The van der Waals surface area contributed by atoms with Gasteiger partial charge in [0.15, 0.2) is 0 Å². The monoisotopic (exact) mass is 267 g/mol. The molecule has 112 valence electrons. The molecule has 0 aromatic heterocycles. The molecular formula is C17H33NO. The fourth-order valence-electron chi connectivity index (χ4n) is 3.86. The van der Waals surface area contributed by atoms with Crippen molar-refractivity contribution in [2.45, 2.75) is 83.8 Å². The predicted molar refractivity (Wildman–Crippen MR) is 81.4 cm³/mol. The first-order valence-electron chi connectivity index (χ1n) is 8.48. The maximum atomic E-state index is 5.92. The van der Waals surface area contributed by atoms with Crippen LogP contribution in [0.3, 0.4) is 0 Å². The van der Waals surface area contributed by atoms with Gasteiger partial charge in [0.1, 0.15) is 0 Å². The van der Waals surface area contributed by atoms with Crippen LogP contribution in [0.5, 0.6) is 0 Å². The van der Waals surface area contributed by atoms with E-state index in [0.717, 1.165) is 24.9 Å². The first kappa shape index (κ1) is 15.3. The van der Waals surface area contributed by atoms with E-state index in [0.29, 0.717) is 6.04 Å². The Bertz CT molecular complexity index is 268. The number of ether oxygens (including phenoxy) is 1. The molecule has 0 bridgehead atoms. The molecule has 0 spiro atoms. The topological polar surface area (TPSA) is 21.3 Å². The van der Waals surface area contributed by atoms with Crippen molar-refractivity contribution in [1.82, 2.24) is 5.32 Å².